The van der Waals surface area contributed by atoms with Gasteiger partial charge in [-0.05, 0) is 18.8 Å². The molecule has 0 aliphatic rings. The van der Waals surface area contributed by atoms with Crippen molar-refractivity contribution in [2.24, 2.45) is 16.6 Å². The summed E-state index contributed by atoms with van der Waals surface area (Å²) in [6.07, 6.45) is 7.59. The van der Waals surface area contributed by atoms with Gasteiger partial charge in [0.15, 0.2) is 5.96 Å². The summed E-state index contributed by atoms with van der Waals surface area (Å²) in [5, 5.41) is 3.14. The van der Waals surface area contributed by atoms with Crippen LogP contribution in [-0.4, -0.2) is 19.0 Å². The predicted molar refractivity (Wildman–Crippen MR) is 72.7 cm³/mol. The number of nitrogens with two attached hydrogens (primary N) is 1. The molecule has 0 aliphatic heterocycles. The molecule has 0 rings (SSSR count). The molecule has 0 unspecified atom stereocenters. The summed E-state index contributed by atoms with van der Waals surface area (Å²) < 4.78 is 0. The van der Waals surface area contributed by atoms with Crippen LogP contribution in [0.2, 0.25) is 0 Å². The molecular formula is C13H29N3. The molecule has 16 heavy (non-hydrogen) atoms. The van der Waals surface area contributed by atoms with Crippen LogP contribution in [0.1, 0.15) is 59.3 Å². The van der Waals surface area contributed by atoms with Gasteiger partial charge in [-0.2, -0.15) is 0 Å². The van der Waals surface area contributed by atoms with Crippen LogP contribution in [-0.2, 0) is 0 Å². The molecule has 3 N–H and O–H groups in total. The van der Waals surface area contributed by atoms with Crippen molar-refractivity contribution in [1.29, 1.82) is 0 Å². The lowest BCUT2D eigenvalue weighted by Gasteiger charge is -2.06. The van der Waals surface area contributed by atoms with Gasteiger partial charge in [0.25, 0.3) is 0 Å². The van der Waals surface area contributed by atoms with E-state index in [0.717, 1.165) is 25.4 Å². The Bertz CT molecular complexity index is 176. The van der Waals surface area contributed by atoms with Crippen LogP contribution in [0.5, 0.6) is 0 Å². The zero-order valence-corrected chi connectivity index (χ0v) is 11.3. The van der Waals surface area contributed by atoms with Crippen LogP contribution in [0.3, 0.4) is 0 Å². The first-order chi connectivity index (χ1) is 7.66. The van der Waals surface area contributed by atoms with Gasteiger partial charge in [-0.1, -0.05) is 46.5 Å². The van der Waals surface area contributed by atoms with Gasteiger partial charge in [0, 0.05) is 13.1 Å². The lowest BCUT2D eigenvalue weighted by atomic mass is 10.0. The smallest absolute Gasteiger partial charge is 0.188 e. The summed E-state index contributed by atoms with van der Waals surface area (Å²) >= 11 is 0. The molecule has 0 bridgehead atoms. The minimum absolute atomic E-state index is 0.601. The van der Waals surface area contributed by atoms with Gasteiger partial charge in [0.1, 0.15) is 0 Å². The van der Waals surface area contributed by atoms with E-state index in [9.17, 15) is 0 Å². The number of guanidine groups is 1. The molecular weight excluding hydrogens is 198 g/mol. The van der Waals surface area contributed by atoms with E-state index in [-0.39, 0.29) is 0 Å². The number of hydrogen-bond donors (Lipinski definition) is 2. The van der Waals surface area contributed by atoms with E-state index in [1.165, 1.54) is 32.1 Å². The fourth-order valence-electron chi connectivity index (χ4n) is 1.54. The summed E-state index contributed by atoms with van der Waals surface area (Å²) in [5.74, 6) is 1.44. The molecule has 3 nitrogen and oxygen atoms in total. The second kappa shape index (κ2) is 10.8. The highest BCUT2D eigenvalue weighted by Gasteiger charge is 1.95. The number of nitrogens with one attached hydrogen (secondary N) is 1. The number of hydrogen-bond acceptors (Lipinski definition) is 1. The van der Waals surface area contributed by atoms with E-state index >= 15 is 0 Å². The summed E-state index contributed by atoms with van der Waals surface area (Å²) in [7, 11) is 0. The molecule has 0 saturated carbocycles. The molecule has 0 aliphatic carbocycles. The SMILES string of the molecule is CCCN=C(N)NCCCCCCC(C)C. The van der Waals surface area contributed by atoms with Crippen molar-refractivity contribution in [3.05, 3.63) is 0 Å². The minimum Gasteiger partial charge on any atom is -0.370 e. The Morgan fingerprint density at radius 1 is 1.19 bits per heavy atom. The Morgan fingerprint density at radius 2 is 1.88 bits per heavy atom. The highest BCUT2D eigenvalue weighted by atomic mass is 15.1. The second-order valence-corrected chi connectivity index (χ2v) is 4.79. The van der Waals surface area contributed by atoms with Gasteiger partial charge in [0.2, 0.25) is 0 Å². The van der Waals surface area contributed by atoms with Gasteiger partial charge >= 0.3 is 0 Å². The number of unbranched alkanes of at least 4 members (excludes halogenated alkanes) is 3. The average Bonchev–Trinajstić information content (AvgIpc) is 2.24. The molecule has 96 valence electrons. The van der Waals surface area contributed by atoms with Crippen LogP contribution < -0.4 is 11.1 Å². The van der Waals surface area contributed by atoms with Gasteiger partial charge in [-0.25, -0.2) is 0 Å². The Hall–Kier alpha value is -0.730. The fourth-order valence-corrected chi connectivity index (χ4v) is 1.54. The largest absolute Gasteiger partial charge is 0.370 e. The maximum absolute atomic E-state index is 5.68. The molecule has 0 amide bonds. The summed E-state index contributed by atoms with van der Waals surface area (Å²) in [6.45, 7) is 8.46. The third-order valence-corrected chi connectivity index (χ3v) is 2.52. The normalized spacial score (nSPS) is 12.1. The molecule has 0 radical (unpaired) electrons. The number of nitrogens with zero attached hydrogens (tertiary/aromatic N) is 1. The third-order valence-electron chi connectivity index (χ3n) is 2.52. The van der Waals surface area contributed by atoms with E-state index in [1.54, 1.807) is 0 Å². The van der Waals surface area contributed by atoms with Crippen molar-refractivity contribution in [3.8, 4) is 0 Å². The molecule has 0 saturated heterocycles. The number of rotatable bonds is 9. The van der Waals surface area contributed by atoms with Gasteiger partial charge in [-0.15, -0.1) is 0 Å². The molecule has 0 aromatic rings. The Morgan fingerprint density at radius 3 is 2.50 bits per heavy atom. The van der Waals surface area contributed by atoms with Gasteiger partial charge < -0.3 is 11.1 Å². The van der Waals surface area contributed by atoms with E-state index < -0.39 is 0 Å². The molecule has 0 fully saturated rings. The van der Waals surface area contributed by atoms with E-state index in [2.05, 4.69) is 31.1 Å². The van der Waals surface area contributed by atoms with Crippen molar-refractivity contribution >= 4 is 5.96 Å². The Balaban J connectivity index is 3.20. The zero-order valence-electron chi connectivity index (χ0n) is 11.3. The third kappa shape index (κ3) is 11.3. The predicted octanol–water partition coefficient (Wildman–Crippen LogP) is 2.91. The molecule has 0 heterocycles. The quantitative estimate of drug-likeness (QED) is 0.361. The lowest BCUT2D eigenvalue weighted by Crippen LogP contribution is -2.32. The minimum atomic E-state index is 0.601. The summed E-state index contributed by atoms with van der Waals surface area (Å²) in [6, 6.07) is 0. The highest BCUT2D eigenvalue weighted by Crippen LogP contribution is 2.08. The van der Waals surface area contributed by atoms with Crippen LogP contribution >= 0.6 is 0 Å². The topological polar surface area (TPSA) is 50.4 Å². The molecule has 0 aromatic carbocycles. The maximum atomic E-state index is 5.68. The van der Waals surface area contributed by atoms with Crippen LogP contribution in [0, 0.1) is 5.92 Å². The van der Waals surface area contributed by atoms with E-state index in [4.69, 9.17) is 5.73 Å². The van der Waals surface area contributed by atoms with Crippen molar-refractivity contribution in [3.63, 3.8) is 0 Å². The highest BCUT2D eigenvalue weighted by molar-refractivity contribution is 5.77. The molecule has 0 aromatic heterocycles. The molecule has 0 atom stereocenters. The molecule has 0 spiro atoms. The first-order valence-electron chi connectivity index (χ1n) is 6.70. The monoisotopic (exact) mass is 227 g/mol. The van der Waals surface area contributed by atoms with Crippen LogP contribution in [0.15, 0.2) is 4.99 Å². The van der Waals surface area contributed by atoms with Gasteiger partial charge in [-0.3, -0.25) is 4.99 Å². The van der Waals surface area contributed by atoms with Crippen molar-refractivity contribution < 1.29 is 0 Å². The van der Waals surface area contributed by atoms with Crippen molar-refractivity contribution in [2.75, 3.05) is 13.1 Å². The first kappa shape index (κ1) is 15.3. The van der Waals surface area contributed by atoms with E-state index in [1.807, 2.05) is 0 Å². The fraction of sp³-hybridized carbons (Fsp3) is 0.923. The first-order valence-corrected chi connectivity index (χ1v) is 6.70. The standard InChI is InChI=1S/C13H29N3/c1-4-10-15-13(14)16-11-8-6-5-7-9-12(2)3/h12H,4-11H2,1-3H3,(H3,14,15,16). The summed E-state index contributed by atoms with van der Waals surface area (Å²) in [4.78, 5) is 4.18. The lowest BCUT2D eigenvalue weighted by molar-refractivity contribution is 0.519. The molecule has 3 heteroatoms. The van der Waals surface area contributed by atoms with Crippen molar-refractivity contribution in [2.45, 2.75) is 59.3 Å². The van der Waals surface area contributed by atoms with Gasteiger partial charge in [0.05, 0.1) is 0 Å². The van der Waals surface area contributed by atoms with Crippen LogP contribution in [0.25, 0.3) is 0 Å². The average molecular weight is 227 g/mol. The zero-order chi connectivity index (χ0) is 12.2. The Kier molecular flexibility index (Phi) is 10.3. The Labute approximate surface area is 101 Å². The van der Waals surface area contributed by atoms with Crippen LogP contribution in [0.4, 0.5) is 0 Å². The van der Waals surface area contributed by atoms with E-state index in [0.29, 0.717) is 5.96 Å². The van der Waals surface area contributed by atoms with Crippen molar-refractivity contribution in [1.82, 2.24) is 5.32 Å². The maximum Gasteiger partial charge on any atom is 0.188 e. The number of aliphatic imine (C=N–C) groups is 1. The summed E-state index contributed by atoms with van der Waals surface area (Å²) in [5.41, 5.74) is 5.68. The second-order valence-electron chi connectivity index (χ2n) is 4.79.